The van der Waals surface area contributed by atoms with Crippen LogP contribution >= 0.6 is 24.0 Å². The number of methoxy groups -OCH3 is 2. The van der Waals surface area contributed by atoms with E-state index in [0.29, 0.717) is 23.8 Å². The van der Waals surface area contributed by atoms with E-state index < -0.39 is 5.97 Å². The van der Waals surface area contributed by atoms with E-state index in [-0.39, 0.29) is 24.0 Å². The zero-order valence-electron chi connectivity index (χ0n) is 13.5. The summed E-state index contributed by atoms with van der Waals surface area (Å²) >= 11 is 0. The Hall–Kier alpha value is -1.51. The van der Waals surface area contributed by atoms with E-state index in [4.69, 9.17) is 15.2 Å². The zero-order valence-corrected chi connectivity index (χ0v) is 15.8. The number of hydrogen-bond acceptors (Lipinski definition) is 4. The Kier molecular flexibility index (Phi) is 8.15. The van der Waals surface area contributed by atoms with Crippen LogP contribution in [0.4, 0.5) is 0 Å². The lowest BCUT2D eigenvalue weighted by Gasteiger charge is -2.25. The molecular formula is C16H24IN3O3. The van der Waals surface area contributed by atoms with Crippen LogP contribution in [0.25, 0.3) is 0 Å². The van der Waals surface area contributed by atoms with Crippen LogP contribution in [0, 0.1) is 5.92 Å². The summed E-state index contributed by atoms with van der Waals surface area (Å²) in [5.41, 5.74) is 7.16. The van der Waals surface area contributed by atoms with Gasteiger partial charge in [0.15, 0.2) is 5.96 Å². The summed E-state index contributed by atoms with van der Waals surface area (Å²) in [6.45, 7) is 1.32. The molecule has 0 saturated heterocycles. The molecule has 0 atom stereocenters. The third kappa shape index (κ3) is 5.56. The SMILES string of the molecule is COC(=O)c1ccc(CN=C(N)NCC2CCC2)cc1OC.I. The highest BCUT2D eigenvalue weighted by Gasteiger charge is 2.17. The fraction of sp³-hybridized carbons (Fsp3) is 0.500. The average molecular weight is 433 g/mol. The van der Waals surface area contributed by atoms with Gasteiger partial charge in [-0.2, -0.15) is 0 Å². The molecule has 0 radical (unpaired) electrons. The fourth-order valence-corrected chi connectivity index (χ4v) is 2.29. The van der Waals surface area contributed by atoms with E-state index in [1.165, 1.54) is 33.5 Å². The molecule has 0 bridgehead atoms. The minimum Gasteiger partial charge on any atom is -0.496 e. The standard InChI is InChI=1S/C16H23N3O3.HI/c1-21-14-8-12(6-7-13(14)15(20)22-2)10-19-16(17)18-9-11-4-3-5-11;/h6-8,11H,3-5,9-10H2,1-2H3,(H3,17,18,19);1H. The van der Waals surface area contributed by atoms with E-state index >= 15 is 0 Å². The van der Waals surface area contributed by atoms with Crippen molar-refractivity contribution in [3.63, 3.8) is 0 Å². The number of rotatable bonds is 6. The number of aliphatic imine (C=N–C) groups is 1. The number of esters is 1. The lowest BCUT2D eigenvalue weighted by molar-refractivity contribution is 0.0597. The number of nitrogens with one attached hydrogen (secondary N) is 1. The molecule has 6 nitrogen and oxygen atoms in total. The van der Waals surface area contributed by atoms with Crippen molar-refractivity contribution in [1.82, 2.24) is 5.32 Å². The Bertz CT molecular complexity index is 560. The van der Waals surface area contributed by atoms with Crippen molar-refractivity contribution >= 4 is 35.9 Å². The van der Waals surface area contributed by atoms with Crippen LogP contribution in [0.15, 0.2) is 23.2 Å². The van der Waals surface area contributed by atoms with Gasteiger partial charge in [0.2, 0.25) is 0 Å². The maximum Gasteiger partial charge on any atom is 0.341 e. The minimum absolute atomic E-state index is 0. The molecule has 0 aliphatic heterocycles. The fourth-order valence-electron chi connectivity index (χ4n) is 2.29. The van der Waals surface area contributed by atoms with Crippen LogP contribution in [-0.4, -0.2) is 32.7 Å². The monoisotopic (exact) mass is 433 g/mol. The van der Waals surface area contributed by atoms with Crippen LogP contribution in [0.1, 0.15) is 35.2 Å². The van der Waals surface area contributed by atoms with Crippen LogP contribution in [0.2, 0.25) is 0 Å². The molecule has 1 fully saturated rings. The summed E-state index contributed by atoms with van der Waals surface area (Å²) in [5.74, 6) is 1.23. The van der Waals surface area contributed by atoms with Crippen molar-refractivity contribution in [2.24, 2.45) is 16.6 Å². The first-order valence-corrected chi connectivity index (χ1v) is 7.43. The second kappa shape index (κ2) is 9.59. The Morgan fingerprint density at radius 2 is 2.13 bits per heavy atom. The third-order valence-electron chi connectivity index (χ3n) is 3.90. The Balaban J connectivity index is 0.00000264. The Morgan fingerprint density at radius 3 is 2.70 bits per heavy atom. The van der Waals surface area contributed by atoms with Gasteiger partial charge in [0.1, 0.15) is 11.3 Å². The smallest absolute Gasteiger partial charge is 0.341 e. The first-order valence-electron chi connectivity index (χ1n) is 7.43. The number of halogens is 1. The largest absolute Gasteiger partial charge is 0.496 e. The molecule has 0 heterocycles. The molecule has 23 heavy (non-hydrogen) atoms. The Labute approximate surface area is 153 Å². The Morgan fingerprint density at radius 1 is 1.39 bits per heavy atom. The van der Waals surface area contributed by atoms with Crippen molar-refractivity contribution in [2.75, 3.05) is 20.8 Å². The molecule has 1 aromatic rings. The molecule has 0 aromatic heterocycles. The molecule has 1 aliphatic carbocycles. The summed E-state index contributed by atoms with van der Waals surface area (Å²) in [4.78, 5) is 15.9. The number of carbonyl (C=O) groups is 1. The molecule has 2 rings (SSSR count). The third-order valence-corrected chi connectivity index (χ3v) is 3.90. The van der Waals surface area contributed by atoms with Crippen molar-refractivity contribution in [1.29, 1.82) is 0 Å². The molecule has 128 valence electrons. The van der Waals surface area contributed by atoms with E-state index in [2.05, 4.69) is 10.3 Å². The first-order chi connectivity index (χ1) is 10.6. The highest BCUT2D eigenvalue weighted by atomic mass is 127. The number of hydrogen-bond donors (Lipinski definition) is 2. The first kappa shape index (κ1) is 19.5. The molecule has 1 saturated carbocycles. The van der Waals surface area contributed by atoms with Gasteiger partial charge in [0.05, 0.1) is 20.8 Å². The highest BCUT2D eigenvalue weighted by molar-refractivity contribution is 14.0. The second-order valence-corrected chi connectivity index (χ2v) is 5.41. The predicted molar refractivity (Wildman–Crippen MR) is 100 cm³/mol. The van der Waals surface area contributed by atoms with Crippen LogP contribution < -0.4 is 15.8 Å². The average Bonchev–Trinajstić information content (AvgIpc) is 2.50. The lowest BCUT2D eigenvalue weighted by atomic mass is 9.85. The summed E-state index contributed by atoms with van der Waals surface area (Å²) in [5, 5.41) is 3.14. The number of benzene rings is 1. The zero-order chi connectivity index (χ0) is 15.9. The van der Waals surface area contributed by atoms with E-state index in [9.17, 15) is 4.79 Å². The van der Waals surface area contributed by atoms with E-state index in [0.717, 1.165) is 18.0 Å². The van der Waals surface area contributed by atoms with Gasteiger partial charge >= 0.3 is 5.97 Å². The summed E-state index contributed by atoms with van der Waals surface area (Å²) < 4.78 is 9.93. The normalized spacial score (nSPS) is 14.4. The van der Waals surface area contributed by atoms with Gasteiger partial charge in [-0.15, -0.1) is 24.0 Å². The van der Waals surface area contributed by atoms with Gasteiger partial charge in [-0.3, -0.25) is 0 Å². The van der Waals surface area contributed by atoms with Gasteiger partial charge in [-0.25, -0.2) is 9.79 Å². The summed E-state index contributed by atoms with van der Waals surface area (Å²) in [6, 6.07) is 5.26. The van der Waals surface area contributed by atoms with Gasteiger partial charge in [-0.1, -0.05) is 12.5 Å². The van der Waals surface area contributed by atoms with Crippen molar-refractivity contribution in [2.45, 2.75) is 25.8 Å². The van der Waals surface area contributed by atoms with E-state index in [1.54, 1.807) is 12.1 Å². The maximum atomic E-state index is 11.6. The molecule has 3 N–H and O–H groups in total. The van der Waals surface area contributed by atoms with Crippen molar-refractivity contribution in [3.8, 4) is 5.75 Å². The van der Waals surface area contributed by atoms with Crippen LogP contribution in [0.3, 0.4) is 0 Å². The van der Waals surface area contributed by atoms with Gasteiger partial charge in [-0.05, 0) is 36.5 Å². The molecule has 1 aromatic carbocycles. The molecule has 0 unspecified atom stereocenters. The minimum atomic E-state index is -0.423. The number of nitrogens with two attached hydrogens (primary N) is 1. The highest BCUT2D eigenvalue weighted by Crippen LogP contribution is 2.25. The predicted octanol–water partition coefficient (Wildman–Crippen LogP) is 2.30. The van der Waals surface area contributed by atoms with Crippen LogP contribution in [-0.2, 0) is 11.3 Å². The van der Waals surface area contributed by atoms with Crippen molar-refractivity contribution in [3.05, 3.63) is 29.3 Å². The van der Waals surface area contributed by atoms with Gasteiger partial charge < -0.3 is 20.5 Å². The number of nitrogens with zero attached hydrogens (tertiary/aromatic N) is 1. The number of ether oxygens (including phenoxy) is 2. The second-order valence-electron chi connectivity index (χ2n) is 5.41. The van der Waals surface area contributed by atoms with Crippen molar-refractivity contribution < 1.29 is 14.3 Å². The quantitative estimate of drug-likeness (QED) is 0.311. The van der Waals surface area contributed by atoms with Gasteiger partial charge in [0, 0.05) is 6.54 Å². The van der Waals surface area contributed by atoms with E-state index in [1.807, 2.05) is 6.07 Å². The lowest BCUT2D eigenvalue weighted by Crippen LogP contribution is -2.37. The number of carbonyl (C=O) groups excluding carboxylic acids is 1. The van der Waals surface area contributed by atoms with Gasteiger partial charge in [0.25, 0.3) is 0 Å². The summed E-state index contributed by atoms with van der Waals surface area (Å²) in [7, 11) is 2.86. The molecule has 0 spiro atoms. The molecule has 0 amide bonds. The topological polar surface area (TPSA) is 85.9 Å². The molecular weight excluding hydrogens is 409 g/mol. The molecule has 1 aliphatic rings. The van der Waals surface area contributed by atoms with Crippen LogP contribution in [0.5, 0.6) is 5.75 Å². The maximum absolute atomic E-state index is 11.6. The summed E-state index contributed by atoms with van der Waals surface area (Å²) in [6.07, 6.45) is 3.86. The number of guanidine groups is 1. The molecule has 7 heteroatoms.